The van der Waals surface area contributed by atoms with Gasteiger partial charge >= 0.3 is 0 Å². The third kappa shape index (κ3) is 2.95. The molecule has 0 unspecified atom stereocenters. The summed E-state index contributed by atoms with van der Waals surface area (Å²) >= 11 is 0. The first-order valence-corrected chi connectivity index (χ1v) is 6.35. The highest BCUT2D eigenvalue weighted by atomic mass is 16.3. The Bertz CT molecular complexity index is 245. The van der Waals surface area contributed by atoms with Crippen molar-refractivity contribution in [3.05, 3.63) is 0 Å². The van der Waals surface area contributed by atoms with Gasteiger partial charge in [-0.25, -0.2) is 0 Å². The Labute approximate surface area is 96.8 Å². The molecule has 1 aliphatic heterocycles. The minimum atomic E-state index is 0.152. The molecule has 2 rings (SSSR count). The van der Waals surface area contributed by atoms with E-state index in [0.29, 0.717) is 0 Å². The zero-order chi connectivity index (χ0) is 11.4. The van der Waals surface area contributed by atoms with Crippen LogP contribution in [0.4, 0.5) is 0 Å². The van der Waals surface area contributed by atoms with Gasteiger partial charge < -0.3 is 15.7 Å². The zero-order valence-electron chi connectivity index (χ0n) is 9.80. The number of aliphatic hydroxyl groups is 1. The van der Waals surface area contributed by atoms with E-state index in [1.807, 2.05) is 0 Å². The van der Waals surface area contributed by atoms with Gasteiger partial charge in [0.2, 0.25) is 5.91 Å². The summed E-state index contributed by atoms with van der Waals surface area (Å²) in [6.07, 6.45) is 5.23. The van der Waals surface area contributed by atoms with Gasteiger partial charge in [-0.2, -0.15) is 0 Å². The quantitative estimate of drug-likeness (QED) is 0.630. The maximum absolute atomic E-state index is 11.9. The molecule has 0 aromatic carbocycles. The Balaban J connectivity index is 1.70. The first-order valence-electron chi connectivity index (χ1n) is 6.35. The number of hydrogen-bond acceptors (Lipinski definition) is 3. The molecule has 1 atom stereocenters. The SMILES string of the molecule is O=C(NCC1(CCO)CC1)[C@@H]1CCCNC1. The number of hydrogen-bond donors (Lipinski definition) is 3. The zero-order valence-corrected chi connectivity index (χ0v) is 9.80. The topological polar surface area (TPSA) is 61.4 Å². The molecule has 0 radical (unpaired) electrons. The third-order valence-electron chi connectivity index (χ3n) is 3.90. The van der Waals surface area contributed by atoms with Gasteiger partial charge in [0.15, 0.2) is 0 Å². The Morgan fingerprint density at radius 3 is 2.88 bits per heavy atom. The lowest BCUT2D eigenvalue weighted by Crippen LogP contribution is -2.42. The van der Waals surface area contributed by atoms with Crippen LogP contribution in [0.1, 0.15) is 32.1 Å². The van der Waals surface area contributed by atoms with Crippen molar-refractivity contribution in [1.82, 2.24) is 10.6 Å². The molecule has 1 saturated heterocycles. The molecule has 92 valence electrons. The van der Waals surface area contributed by atoms with E-state index in [2.05, 4.69) is 10.6 Å². The van der Waals surface area contributed by atoms with Crippen molar-refractivity contribution in [3.63, 3.8) is 0 Å². The van der Waals surface area contributed by atoms with E-state index in [0.717, 1.165) is 51.7 Å². The van der Waals surface area contributed by atoms with Crippen molar-refractivity contribution in [1.29, 1.82) is 0 Å². The number of amides is 1. The molecule has 3 N–H and O–H groups in total. The number of piperidine rings is 1. The van der Waals surface area contributed by atoms with E-state index in [1.165, 1.54) is 0 Å². The summed E-state index contributed by atoms with van der Waals surface area (Å²) in [5.41, 5.74) is 0.229. The van der Waals surface area contributed by atoms with Crippen LogP contribution >= 0.6 is 0 Å². The minimum Gasteiger partial charge on any atom is -0.396 e. The van der Waals surface area contributed by atoms with Crippen LogP contribution in [0, 0.1) is 11.3 Å². The molecule has 4 nitrogen and oxygen atoms in total. The van der Waals surface area contributed by atoms with Gasteiger partial charge in [0, 0.05) is 19.7 Å². The van der Waals surface area contributed by atoms with E-state index in [9.17, 15) is 4.79 Å². The summed E-state index contributed by atoms with van der Waals surface area (Å²) in [4.78, 5) is 11.9. The minimum absolute atomic E-state index is 0.152. The summed E-state index contributed by atoms with van der Waals surface area (Å²) in [5.74, 6) is 0.343. The number of carbonyl (C=O) groups excluding carboxylic acids is 1. The van der Waals surface area contributed by atoms with E-state index < -0.39 is 0 Å². The molecule has 1 saturated carbocycles. The summed E-state index contributed by atoms with van der Waals surface area (Å²) in [6, 6.07) is 0. The predicted octanol–water partition coefficient (Wildman–Crippen LogP) is 0.265. The lowest BCUT2D eigenvalue weighted by atomic mass is 9.97. The van der Waals surface area contributed by atoms with Crippen molar-refractivity contribution in [3.8, 4) is 0 Å². The van der Waals surface area contributed by atoms with Crippen molar-refractivity contribution < 1.29 is 9.90 Å². The number of rotatable bonds is 5. The van der Waals surface area contributed by atoms with Gasteiger partial charge in [-0.15, -0.1) is 0 Å². The summed E-state index contributed by atoms with van der Waals surface area (Å²) < 4.78 is 0. The van der Waals surface area contributed by atoms with Crippen LogP contribution in [0.5, 0.6) is 0 Å². The van der Waals surface area contributed by atoms with Crippen LogP contribution in [0.25, 0.3) is 0 Å². The van der Waals surface area contributed by atoms with Gasteiger partial charge in [-0.1, -0.05) is 0 Å². The molecule has 0 aromatic rings. The molecule has 2 aliphatic rings. The van der Waals surface area contributed by atoms with E-state index in [4.69, 9.17) is 5.11 Å². The van der Waals surface area contributed by atoms with Crippen LogP contribution in [-0.2, 0) is 4.79 Å². The molecular weight excluding hydrogens is 204 g/mol. The molecular formula is C12H22N2O2. The summed E-state index contributed by atoms with van der Waals surface area (Å²) in [7, 11) is 0. The fraction of sp³-hybridized carbons (Fsp3) is 0.917. The molecule has 1 aliphatic carbocycles. The Morgan fingerprint density at radius 2 is 2.31 bits per heavy atom. The molecule has 0 bridgehead atoms. The number of nitrogens with one attached hydrogen (secondary N) is 2. The van der Waals surface area contributed by atoms with Gasteiger partial charge in [-0.05, 0) is 44.1 Å². The van der Waals surface area contributed by atoms with Crippen molar-refractivity contribution in [2.75, 3.05) is 26.2 Å². The Morgan fingerprint density at radius 1 is 1.50 bits per heavy atom. The fourth-order valence-corrected chi connectivity index (χ4v) is 2.42. The fourth-order valence-electron chi connectivity index (χ4n) is 2.42. The van der Waals surface area contributed by atoms with Crippen molar-refractivity contribution >= 4 is 5.91 Å². The largest absolute Gasteiger partial charge is 0.396 e. The lowest BCUT2D eigenvalue weighted by molar-refractivity contribution is -0.125. The molecule has 2 fully saturated rings. The highest BCUT2D eigenvalue weighted by molar-refractivity contribution is 5.79. The van der Waals surface area contributed by atoms with Crippen molar-refractivity contribution in [2.45, 2.75) is 32.1 Å². The third-order valence-corrected chi connectivity index (χ3v) is 3.90. The average molecular weight is 226 g/mol. The van der Waals surface area contributed by atoms with Gasteiger partial charge in [0.25, 0.3) is 0 Å². The number of carbonyl (C=O) groups is 1. The van der Waals surface area contributed by atoms with Crippen LogP contribution in [0.2, 0.25) is 0 Å². The first-order chi connectivity index (χ1) is 7.76. The van der Waals surface area contributed by atoms with E-state index >= 15 is 0 Å². The van der Waals surface area contributed by atoms with Gasteiger partial charge in [0.1, 0.15) is 0 Å². The Kier molecular flexibility index (Phi) is 3.82. The Hall–Kier alpha value is -0.610. The van der Waals surface area contributed by atoms with Gasteiger partial charge in [-0.3, -0.25) is 4.79 Å². The highest BCUT2D eigenvalue weighted by Crippen LogP contribution is 2.47. The monoisotopic (exact) mass is 226 g/mol. The second-order valence-electron chi connectivity index (χ2n) is 5.23. The predicted molar refractivity (Wildman–Crippen MR) is 62.0 cm³/mol. The van der Waals surface area contributed by atoms with Crippen LogP contribution < -0.4 is 10.6 Å². The normalized spacial score (nSPS) is 27.4. The van der Waals surface area contributed by atoms with Crippen LogP contribution in [0.3, 0.4) is 0 Å². The second kappa shape index (κ2) is 5.15. The molecule has 1 heterocycles. The highest BCUT2D eigenvalue weighted by Gasteiger charge is 2.42. The molecule has 16 heavy (non-hydrogen) atoms. The summed E-state index contributed by atoms with van der Waals surface area (Å²) in [6.45, 7) is 2.85. The maximum atomic E-state index is 11.9. The first kappa shape index (κ1) is 11.9. The van der Waals surface area contributed by atoms with Gasteiger partial charge in [0.05, 0.1) is 5.92 Å². The molecule has 0 spiro atoms. The summed E-state index contributed by atoms with van der Waals surface area (Å²) in [5, 5.41) is 15.2. The standard InChI is InChI=1S/C12H22N2O2/c15-7-5-12(3-4-12)9-14-11(16)10-2-1-6-13-8-10/h10,13,15H,1-9H2,(H,14,16)/t10-/m1/s1. The average Bonchev–Trinajstić information content (AvgIpc) is 3.08. The lowest BCUT2D eigenvalue weighted by Gasteiger charge is -2.23. The van der Waals surface area contributed by atoms with Crippen LogP contribution in [0.15, 0.2) is 0 Å². The van der Waals surface area contributed by atoms with Crippen LogP contribution in [-0.4, -0.2) is 37.3 Å². The van der Waals surface area contributed by atoms with E-state index in [1.54, 1.807) is 0 Å². The van der Waals surface area contributed by atoms with Crippen molar-refractivity contribution in [2.24, 2.45) is 11.3 Å². The van der Waals surface area contributed by atoms with E-state index in [-0.39, 0.29) is 23.8 Å². The molecule has 4 heteroatoms. The molecule has 0 aromatic heterocycles. The smallest absolute Gasteiger partial charge is 0.224 e. The number of aliphatic hydroxyl groups excluding tert-OH is 1. The molecule has 1 amide bonds. The maximum Gasteiger partial charge on any atom is 0.224 e. The second-order valence-corrected chi connectivity index (χ2v) is 5.23.